The third-order valence-electron chi connectivity index (χ3n) is 3.78. The number of nitrogens with zero attached hydrogens (tertiary/aromatic N) is 2. The van der Waals surface area contributed by atoms with Gasteiger partial charge in [0.05, 0.1) is 13.2 Å². The number of morpholine rings is 1. The highest BCUT2D eigenvalue weighted by molar-refractivity contribution is 14.0. The minimum Gasteiger partial charge on any atom is -0.379 e. The number of hydrogen-bond donors (Lipinski definition) is 2. The Morgan fingerprint density at radius 1 is 1.20 bits per heavy atom. The number of hydrogen-bond acceptors (Lipinski definition) is 3. The van der Waals surface area contributed by atoms with Crippen molar-refractivity contribution < 1.29 is 4.74 Å². The van der Waals surface area contributed by atoms with Crippen LogP contribution in [0.5, 0.6) is 0 Å². The number of ether oxygens (including phenoxy) is 1. The van der Waals surface area contributed by atoms with Gasteiger partial charge in [-0.1, -0.05) is 0 Å². The van der Waals surface area contributed by atoms with E-state index in [0.29, 0.717) is 0 Å². The molecular weight excluding hydrogens is 367 g/mol. The summed E-state index contributed by atoms with van der Waals surface area (Å²) in [5.74, 6) is 1.85. The largest absolute Gasteiger partial charge is 0.379 e. The van der Waals surface area contributed by atoms with E-state index in [1.165, 1.54) is 32.2 Å². The number of unbranched alkanes of at least 4 members (excludes halogenated alkanes) is 1. The van der Waals surface area contributed by atoms with Crippen molar-refractivity contribution in [2.45, 2.75) is 25.7 Å². The van der Waals surface area contributed by atoms with Gasteiger partial charge in [-0.3, -0.25) is 9.89 Å². The van der Waals surface area contributed by atoms with Crippen LogP contribution < -0.4 is 10.6 Å². The Morgan fingerprint density at radius 2 is 1.95 bits per heavy atom. The Hall–Kier alpha value is -0.0800. The minimum absolute atomic E-state index is 0. The van der Waals surface area contributed by atoms with E-state index in [-0.39, 0.29) is 24.0 Å². The summed E-state index contributed by atoms with van der Waals surface area (Å²) in [6.45, 7) is 7.27. The summed E-state index contributed by atoms with van der Waals surface area (Å²) in [4.78, 5) is 6.73. The minimum atomic E-state index is 0. The number of nitrogens with one attached hydrogen (secondary N) is 2. The van der Waals surface area contributed by atoms with Crippen LogP contribution >= 0.6 is 24.0 Å². The first-order valence-corrected chi connectivity index (χ1v) is 7.63. The molecule has 1 aliphatic carbocycles. The Morgan fingerprint density at radius 3 is 2.60 bits per heavy atom. The van der Waals surface area contributed by atoms with Crippen LogP contribution in [0.1, 0.15) is 25.7 Å². The van der Waals surface area contributed by atoms with Gasteiger partial charge in [-0.05, 0) is 38.1 Å². The van der Waals surface area contributed by atoms with E-state index in [2.05, 4.69) is 20.5 Å². The zero-order chi connectivity index (χ0) is 13.3. The third kappa shape index (κ3) is 7.64. The van der Waals surface area contributed by atoms with Crippen molar-refractivity contribution in [2.24, 2.45) is 10.9 Å². The van der Waals surface area contributed by atoms with Gasteiger partial charge in [-0.2, -0.15) is 0 Å². The number of aliphatic imine (C=N–C) groups is 1. The van der Waals surface area contributed by atoms with E-state index in [4.69, 9.17) is 4.74 Å². The molecule has 6 heteroatoms. The lowest BCUT2D eigenvalue weighted by Crippen LogP contribution is -2.39. The van der Waals surface area contributed by atoms with Crippen LogP contribution in [0.15, 0.2) is 4.99 Å². The Kier molecular flexibility index (Phi) is 9.54. The highest BCUT2D eigenvalue weighted by atomic mass is 127. The van der Waals surface area contributed by atoms with Crippen molar-refractivity contribution >= 4 is 29.9 Å². The zero-order valence-corrected chi connectivity index (χ0v) is 14.9. The lowest BCUT2D eigenvalue weighted by atomic mass is 10.3. The van der Waals surface area contributed by atoms with Crippen LogP contribution in [0.25, 0.3) is 0 Å². The summed E-state index contributed by atoms with van der Waals surface area (Å²) in [6.07, 6.45) is 5.20. The quantitative estimate of drug-likeness (QED) is 0.295. The Bertz CT molecular complexity index is 278. The maximum Gasteiger partial charge on any atom is 0.190 e. The number of guanidine groups is 1. The monoisotopic (exact) mass is 396 g/mol. The highest BCUT2D eigenvalue weighted by Gasteiger charge is 2.20. The summed E-state index contributed by atoms with van der Waals surface area (Å²) < 4.78 is 5.35. The van der Waals surface area contributed by atoms with Gasteiger partial charge in [0.2, 0.25) is 0 Å². The van der Waals surface area contributed by atoms with Crippen LogP contribution in [-0.2, 0) is 4.74 Å². The van der Waals surface area contributed by atoms with E-state index in [1.54, 1.807) is 0 Å². The molecular formula is C14H29IN4O. The molecule has 2 aliphatic rings. The summed E-state index contributed by atoms with van der Waals surface area (Å²) in [6, 6.07) is 0. The first kappa shape index (κ1) is 18.0. The fraction of sp³-hybridized carbons (Fsp3) is 0.929. The second-order valence-corrected chi connectivity index (χ2v) is 5.48. The van der Waals surface area contributed by atoms with Crippen LogP contribution in [0, 0.1) is 5.92 Å². The van der Waals surface area contributed by atoms with E-state index in [9.17, 15) is 0 Å². The van der Waals surface area contributed by atoms with Gasteiger partial charge in [-0.15, -0.1) is 24.0 Å². The molecule has 0 bridgehead atoms. The molecule has 118 valence electrons. The van der Waals surface area contributed by atoms with Gasteiger partial charge in [0.1, 0.15) is 0 Å². The zero-order valence-electron chi connectivity index (χ0n) is 12.6. The first-order chi connectivity index (χ1) is 9.38. The molecule has 0 radical (unpaired) electrons. The van der Waals surface area contributed by atoms with Crippen molar-refractivity contribution in [3.8, 4) is 0 Å². The topological polar surface area (TPSA) is 48.9 Å². The molecule has 0 aromatic carbocycles. The summed E-state index contributed by atoms with van der Waals surface area (Å²) in [7, 11) is 1.84. The molecule has 1 aliphatic heterocycles. The van der Waals surface area contributed by atoms with Gasteiger partial charge in [0, 0.05) is 33.2 Å². The summed E-state index contributed by atoms with van der Waals surface area (Å²) in [5, 5.41) is 6.77. The van der Waals surface area contributed by atoms with Gasteiger partial charge >= 0.3 is 0 Å². The van der Waals surface area contributed by atoms with E-state index in [1.807, 2.05) is 7.05 Å². The molecule has 0 spiro atoms. The molecule has 0 aromatic heterocycles. The van der Waals surface area contributed by atoms with Crippen molar-refractivity contribution in [3.63, 3.8) is 0 Å². The van der Waals surface area contributed by atoms with Crippen molar-refractivity contribution in [2.75, 3.05) is 53.0 Å². The maximum atomic E-state index is 5.35. The van der Waals surface area contributed by atoms with Crippen LogP contribution in [0.3, 0.4) is 0 Å². The van der Waals surface area contributed by atoms with Crippen LogP contribution in [-0.4, -0.2) is 63.8 Å². The van der Waals surface area contributed by atoms with Crippen molar-refractivity contribution in [1.29, 1.82) is 0 Å². The SMILES string of the molecule is CN=C(NCCCCN1CCOCC1)NCC1CC1.I. The normalized spacial score (nSPS) is 20.4. The molecule has 20 heavy (non-hydrogen) atoms. The average Bonchev–Trinajstić information content (AvgIpc) is 3.27. The molecule has 0 unspecified atom stereocenters. The van der Waals surface area contributed by atoms with Gasteiger partial charge in [-0.25, -0.2) is 0 Å². The molecule has 0 atom stereocenters. The molecule has 0 amide bonds. The Balaban J connectivity index is 0.00000200. The second kappa shape index (κ2) is 10.6. The predicted octanol–water partition coefficient (Wildman–Crippen LogP) is 1.29. The van der Waals surface area contributed by atoms with E-state index in [0.717, 1.165) is 51.3 Å². The maximum absolute atomic E-state index is 5.35. The standard InChI is InChI=1S/C14H28N4O.HI/c1-15-14(17-12-13-4-5-13)16-6-2-3-7-18-8-10-19-11-9-18;/h13H,2-12H2,1H3,(H2,15,16,17);1H. The number of rotatable bonds is 7. The molecule has 2 N–H and O–H groups in total. The summed E-state index contributed by atoms with van der Waals surface area (Å²) >= 11 is 0. The highest BCUT2D eigenvalue weighted by Crippen LogP contribution is 2.27. The van der Waals surface area contributed by atoms with Gasteiger partial charge in [0.25, 0.3) is 0 Å². The van der Waals surface area contributed by atoms with Crippen molar-refractivity contribution in [3.05, 3.63) is 0 Å². The van der Waals surface area contributed by atoms with Gasteiger partial charge < -0.3 is 15.4 Å². The van der Waals surface area contributed by atoms with E-state index >= 15 is 0 Å². The average molecular weight is 396 g/mol. The predicted molar refractivity (Wildman–Crippen MR) is 94.0 cm³/mol. The molecule has 1 heterocycles. The van der Waals surface area contributed by atoms with Crippen LogP contribution in [0.2, 0.25) is 0 Å². The lowest BCUT2D eigenvalue weighted by Gasteiger charge is -2.26. The molecule has 2 fully saturated rings. The Labute approximate surface area is 139 Å². The fourth-order valence-corrected chi connectivity index (χ4v) is 2.28. The smallest absolute Gasteiger partial charge is 0.190 e. The van der Waals surface area contributed by atoms with E-state index < -0.39 is 0 Å². The fourth-order valence-electron chi connectivity index (χ4n) is 2.28. The van der Waals surface area contributed by atoms with Gasteiger partial charge in [0.15, 0.2) is 5.96 Å². The molecule has 1 saturated heterocycles. The second-order valence-electron chi connectivity index (χ2n) is 5.48. The molecule has 0 aromatic rings. The lowest BCUT2D eigenvalue weighted by molar-refractivity contribution is 0.0372. The molecule has 1 saturated carbocycles. The van der Waals surface area contributed by atoms with Crippen LogP contribution in [0.4, 0.5) is 0 Å². The molecule has 5 nitrogen and oxygen atoms in total. The van der Waals surface area contributed by atoms with Crippen molar-refractivity contribution in [1.82, 2.24) is 15.5 Å². The molecule has 2 rings (SSSR count). The third-order valence-corrected chi connectivity index (χ3v) is 3.78. The number of halogens is 1. The summed E-state index contributed by atoms with van der Waals surface area (Å²) in [5.41, 5.74) is 0. The first-order valence-electron chi connectivity index (χ1n) is 7.63.